The third-order valence-electron chi connectivity index (χ3n) is 4.16. The van der Waals surface area contributed by atoms with Crippen LogP contribution in [0.2, 0.25) is 5.02 Å². The van der Waals surface area contributed by atoms with Gasteiger partial charge in [-0.15, -0.1) is 0 Å². The number of rotatable bonds is 6. The van der Waals surface area contributed by atoms with Gasteiger partial charge in [-0.05, 0) is 48.7 Å². The average Bonchev–Trinajstić information content (AvgIpc) is 2.61. The summed E-state index contributed by atoms with van der Waals surface area (Å²) in [6, 6.07) is 11.1. The predicted octanol–water partition coefficient (Wildman–Crippen LogP) is 4.00. The van der Waals surface area contributed by atoms with E-state index in [1.54, 1.807) is 42.5 Å². The van der Waals surface area contributed by atoms with Gasteiger partial charge in [-0.25, -0.2) is 0 Å². The molecule has 0 fully saturated rings. The van der Waals surface area contributed by atoms with Gasteiger partial charge in [0.2, 0.25) is 11.8 Å². The molecule has 0 saturated carbocycles. The molecule has 1 unspecified atom stereocenters. The first-order chi connectivity index (χ1) is 13.2. The summed E-state index contributed by atoms with van der Waals surface area (Å²) in [5.74, 6) is -1.04. The average molecular weight is 402 g/mol. The lowest BCUT2D eigenvalue weighted by atomic mass is 10.0. The Bertz CT molecular complexity index is 896. The van der Waals surface area contributed by atoms with Crippen LogP contribution in [0.5, 0.6) is 0 Å². The standard InChI is InChI=1S/C21H24ClN3O3/c1-12(2)19(25-20(27)16-7-5-6-8-17(16)22)21(28)24-15-9-10-18(13(3)11-15)23-14(4)26/h5-12,19H,1-4H3,(H,23,26)(H,24,28)(H,25,27). The van der Waals surface area contributed by atoms with Gasteiger partial charge in [0.1, 0.15) is 6.04 Å². The highest BCUT2D eigenvalue weighted by Gasteiger charge is 2.25. The molecule has 7 heteroatoms. The van der Waals surface area contributed by atoms with E-state index in [1.807, 2.05) is 20.8 Å². The van der Waals surface area contributed by atoms with Crippen molar-refractivity contribution in [2.75, 3.05) is 10.6 Å². The number of halogens is 1. The summed E-state index contributed by atoms with van der Waals surface area (Å²) in [7, 11) is 0. The normalized spacial score (nSPS) is 11.6. The molecule has 0 aliphatic heterocycles. The summed E-state index contributed by atoms with van der Waals surface area (Å²) in [6.45, 7) is 6.97. The molecule has 148 valence electrons. The zero-order valence-electron chi connectivity index (χ0n) is 16.3. The van der Waals surface area contributed by atoms with Crippen molar-refractivity contribution >= 4 is 40.7 Å². The largest absolute Gasteiger partial charge is 0.340 e. The van der Waals surface area contributed by atoms with Crippen LogP contribution in [0.15, 0.2) is 42.5 Å². The molecule has 0 bridgehead atoms. The predicted molar refractivity (Wildman–Crippen MR) is 112 cm³/mol. The summed E-state index contributed by atoms with van der Waals surface area (Å²) in [5, 5.41) is 8.62. The Morgan fingerprint density at radius 3 is 2.25 bits per heavy atom. The SMILES string of the molecule is CC(=O)Nc1ccc(NC(=O)C(NC(=O)c2ccccc2Cl)C(C)C)cc1C. The minimum Gasteiger partial charge on any atom is -0.340 e. The number of benzene rings is 2. The first-order valence-electron chi connectivity index (χ1n) is 8.93. The quantitative estimate of drug-likeness (QED) is 0.683. The first kappa shape index (κ1) is 21.4. The summed E-state index contributed by atoms with van der Waals surface area (Å²) < 4.78 is 0. The lowest BCUT2D eigenvalue weighted by Crippen LogP contribution is -2.47. The van der Waals surface area contributed by atoms with Crippen LogP contribution in [0.1, 0.15) is 36.7 Å². The van der Waals surface area contributed by atoms with Crippen LogP contribution >= 0.6 is 11.6 Å². The highest BCUT2D eigenvalue weighted by atomic mass is 35.5. The van der Waals surface area contributed by atoms with Gasteiger partial charge in [-0.1, -0.05) is 37.6 Å². The molecule has 0 aliphatic rings. The number of carbonyl (C=O) groups is 3. The molecule has 28 heavy (non-hydrogen) atoms. The van der Waals surface area contributed by atoms with Crippen LogP contribution in [0, 0.1) is 12.8 Å². The smallest absolute Gasteiger partial charge is 0.253 e. The van der Waals surface area contributed by atoms with Gasteiger partial charge in [0, 0.05) is 18.3 Å². The molecule has 0 saturated heterocycles. The van der Waals surface area contributed by atoms with Crippen LogP contribution in [-0.4, -0.2) is 23.8 Å². The zero-order chi connectivity index (χ0) is 20.8. The molecule has 3 amide bonds. The Morgan fingerprint density at radius 1 is 1.00 bits per heavy atom. The fourth-order valence-electron chi connectivity index (χ4n) is 2.69. The van der Waals surface area contributed by atoms with E-state index in [9.17, 15) is 14.4 Å². The van der Waals surface area contributed by atoms with Crippen molar-refractivity contribution in [2.24, 2.45) is 5.92 Å². The number of anilines is 2. The number of nitrogens with one attached hydrogen (secondary N) is 3. The topological polar surface area (TPSA) is 87.3 Å². The van der Waals surface area contributed by atoms with Crippen molar-refractivity contribution in [1.82, 2.24) is 5.32 Å². The van der Waals surface area contributed by atoms with E-state index in [0.29, 0.717) is 22.0 Å². The van der Waals surface area contributed by atoms with Crippen molar-refractivity contribution < 1.29 is 14.4 Å². The molecular formula is C21H24ClN3O3. The first-order valence-corrected chi connectivity index (χ1v) is 9.31. The Morgan fingerprint density at radius 2 is 1.68 bits per heavy atom. The van der Waals surface area contributed by atoms with E-state index in [-0.39, 0.29) is 17.7 Å². The van der Waals surface area contributed by atoms with Gasteiger partial charge >= 0.3 is 0 Å². The third kappa shape index (κ3) is 5.57. The van der Waals surface area contributed by atoms with Gasteiger partial charge < -0.3 is 16.0 Å². The minimum atomic E-state index is -0.737. The van der Waals surface area contributed by atoms with E-state index >= 15 is 0 Å². The fourth-order valence-corrected chi connectivity index (χ4v) is 2.91. The fraction of sp³-hybridized carbons (Fsp3) is 0.286. The molecule has 2 rings (SSSR count). The molecule has 2 aromatic rings. The lowest BCUT2D eigenvalue weighted by molar-refractivity contribution is -0.119. The molecule has 1 atom stereocenters. The van der Waals surface area contributed by atoms with Crippen molar-refractivity contribution in [1.29, 1.82) is 0 Å². The van der Waals surface area contributed by atoms with E-state index in [1.165, 1.54) is 6.92 Å². The molecule has 6 nitrogen and oxygen atoms in total. The summed E-state index contributed by atoms with van der Waals surface area (Å²) in [5.41, 5.74) is 2.39. The Hall–Kier alpha value is -2.86. The number of carbonyl (C=O) groups excluding carboxylic acids is 3. The Balaban J connectivity index is 2.13. The van der Waals surface area contributed by atoms with Gasteiger partial charge in [0.25, 0.3) is 5.91 Å². The van der Waals surface area contributed by atoms with Gasteiger partial charge in [0.05, 0.1) is 10.6 Å². The van der Waals surface area contributed by atoms with E-state index in [0.717, 1.165) is 5.56 Å². The molecule has 3 N–H and O–H groups in total. The van der Waals surface area contributed by atoms with Crippen molar-refractivity contribution in [3.63, 3.8) is 0 Å². The number of amides is 3. The van der Waals surface area contributed by atoms with E-state index < -0.39 is 11.9 Å². The van der Waals surface area contributed by atoms with Gasteiger partial charge in [-0.3, -0.25) is 14.4 Å². The van der Waals surface area contributed by atoms with Crippen LogP contribution < -0.4 is 16.0 Å². The molecule has 0 aromatic heterocycles. The van der Waals surface area contributed by atoms with Crippen molar-refractivity contribution in [2.45, 2.75) is 33.7 Å². The maximum Gasteiger partial charge on any atom is 0.253 e. The molecule has 0 spiro atoms. The summed E-state index contributed by atoms with van der Waals surface area (Å²) >= 11 is 6.07. The highest BCUT2D eigenvalue weighted by Crippen LogP contribution is 2.21. The second-order valence-corrected chi connectivity index (χ2v) is 7.28. The molecule has 2 aromatic carbocycles. The molecule has 0 aliphatic carbocycles. The van der Waals surface area contributed by atoms with E-state index in [2.05, 4.69) is 16.0 Å². The van der Waals surface area contributed by atoms with Crippen LogP contribution in [0.3, 0.4) is 0 Å². The lowest BCUT2D eigenvalue weighted by Gasteiger charge is -2.22. The Labute approximate surface area is 169 Å². The van der Waals surface area contributed by atoms with Crippen molar-refractivity contribution in [3.05, 3.63) is 58.6 Å². The monoisotopic (exact) mass is 401 g/mol. The van der Waals surface area contributed by atoms with Gasteiger partial charge in [-0.2, -0.15) is 0 Å². The highest BCUT2D eigenvalue weighted by molar-refractivity contribution is 6.33. The zero-order valence-corrected chi connectivity index (χ0v) is 17.1. The third-order valence-corrected chi connectivity index (χ3v) is 4.49. The van der Waals surface area contributed by atoms with Crippen molar-refractivity contribution in [3.8, 4) is 0 Å². The van der Waals surface area contributed by atoms with Crippen LogP contribution in [-0.2, 0) is 9.59 Å². The van der Waals surface area contributed by atoms with Gasteiger partial charge in [0.15, 0.2) is 0 Å². The second kappa shape index (κ2) is 9.37. The minimum absolute atomic E-state index is 0.133. The number of hydrogen-bond acceptors (Lipinski definition) is 3. The molecular weight excluding hydrogens is 378 g/mol. The molecule has 0 heterocycles. The maximum absolute atomic E-state index is 12.8. The summed E-state index contributed by atoms with van der Waals surface area (Å²) in [6.07, 6.45) is 0. The Kier molecular flexibility index (Phi) is 7.18. The summed E-state index contributed by atoms with van der Waals surface area (Å²) in [4.78, 5) is 36.5. The number of hydrogen-bond donors (Lipinski definition) is 3. The maximum atomic E-state index is 12.8. The van der Waals surface area contributed by atoms with Crippen LogP contribution in [0.4, 0.5) is 11.4 Å². The second-order valence-electron chi connectivity index (χ2n) is 6.88. The number of aryl methyl sites for hydroxylation is 1. The van der Waals surface area contributed by atoms with Crippen LogP contribution in [0.25, 0.3) is 0 Å². The molecule has 0 radical (unpaired) electrons. The van der Waals surface area contributed by atoms with E-state index in [4.69, 9.17) is 11.6 Å².